The summed E-state index contributed by atoms with van der Waals surface area (Å²) in [6.07, 6.45) is 4.45. The highest BCUT2D eigenvalue weighted by atomic mass is 32.2. The third-order valence-corrected chi connectivity index (χ3v) is 4.93. The van der Waals surface area contributed by atoms with Crippen molar-refractivity contribution in [1.29, 1.82) is 0 Å². The molecule has 0 aromatic carbocycles. The summed E-state index contributed by atoms with van der Waals surface area (Å²) in [6.45, 7) is 4.81. The molecule has 0 aliphatic heterocycles. The smallest absolute Gasteiger partial charge is 0.241 e. The molecule has 2 unspecified atom stereocenters. The number of rotatable bonds is 5. The van der Waals surface area contributed by atoms with Crippen LogP contribution in [0.15, 0.2) is 23.2 Å². The number of nitrogens with one attached hydrogen (secondary N) is 2. The van der Waals surface area contributed by atoms with Gasteiger partial charge in [0.1, 0.15) is 5.82 Å². The molecular formula is C13H21N3O2S. The molecule has 0 spiro atoms. The molecule has 1 aliphatic carbocycles. The lowest BCUT2D eigenvalue weighted by Crippen LogP contribution is -2.33. The fraction of sp³-hybridized carbons (Fsp3) is 0.615. The van der Waals surface area contributed by atoms with Crippen LogP contribution in [0.2, 0.25) is 0 Å². The van der Waals surface area contributed by atoms with Gasteiger partial charge in [-0.15, -0.1) is 0 Å². The molecule has 1 heterocycles. The van der Waals surface area contributed by atoms with Crippen LogP contribution in [0, 0.1) is 5.92 Å². The minimum atomic E-state index is -3.44. The van der Waals surface area contributed by atoms with Gasteiger partial charge in [0.25, 0.3) is 0 Å². The summed E-state index contributed by atoms with van der Waals surface area (Å²) in [5, 5.41) is 3.02. The van der Waals surface area contributed by atoms with Crippen molar-refractivity contribution in [3.63, 3.8) is 0 Å². The van der Waals surface area contributed by atoms with Gasteiger partial charge >= 0.3 is 0 Å². The maximum Gasteiger partial charge on any atom is 0.241 e. The van der Waals surface area contributed by atoms with Crippen molar-refractivity contribution in [1.82, 2.24) is 9.71 Å². The van der Waals surface area contributed by atoms with E-state index in [4.69, 9.17) is 0 Å². The Bertz CT molecular complexity index is 530. The fourth-order valence-corrected chi connectivity index (χ4v) is 3.75. The van der Waals surface area contributed by atoms with Crippen LogP contribution in [0.25, 0.3) is 0 Å². The summed E-state index contributed by atoms with van der Waals surface area (Å²) in [6, 6.07) is 3.17. The van der Waals surface area contributed by atoms with Crippen LogP contribution >= 0.6 is 0 Å². The van der Waals surface area contributed by atoms with Gasteiger partial charge in [-0.3, -0.25) is 0 Å². The van der Waals surface area contributed by atoms with E-state index in [2.05, 4.69) is 21.9 Å². The van der Waals surface area contributed by atoms with E-state index >= 15 is 0 Å². The van der Waals surface area contributed by atoms with E-state index in [1.54, 1.807) is 6.07 Å². The molecular weight excluding hydrogens is 262 g/mol. The summed E-state index contributed by atoms with van der Waals surface area (Å²) in [7, 11) is -3.44. The maximum absolute atomic E-state index is 12.3. The monoisotopic (exact) mass is 283 g/mol. The normalized spacial score (nSPS) is 23.5. The second-order valence-electron chi connectivity index (χ2n) is 5.14. The van der Waals surface area contributed by atoms with Gasteiger partial charge in [-0.05, 0) is 38.2 Å². The number of sulfonamides is 1. The number of anilines is 1. The Morgan fingerprint density at radius 3 is 2.84 bits per heavy atom. The molecule has 0 radical (unpaired) electrons. The van der Waals surface area contributed by atoms with Crippen LogP contribution in [-0.2, 0) is 10.0 Å². The molecule has 2 atom stereocenters. The Morgan fingerprint density at radius 1 is 1.42 bits per heavy atom. The first-order valence-corrected chi connectivity index (χ1v) is 8.22. The number of hydrogen-bond acceptors (Lipinski definition) is 4. The number of pyridine rings is 1. The van der Waals surface area contributed by atoms with Gasteiger partial charge in [-0.2, -0.15) is 0 Å². The van der Waals surface area contributed by atoms with Gasteiger partial charge in [0.05, 0.1) is 4.90 Å². The maximum atomic E-state index is 12.3. The highest BCUT2D eigenvalue weighted by Gasteiger charge is 2.26. The Balaban J connectivity index is 2.12. The molecule has 0 amide bonds. The highest BCUT2D eigenvalue weighted by Crippen LogP contribution is 2.26. The molecule has 2 rings (SSSR count). The molecule has 5 nitrogen and oxygen atoms in total. The predicted octanol–water partition coefficient (Wildman–Crippen LogP) is 1.98. The first-order valence-electron chi connectivity index (χ1n) is 6.73. The Kier molecular flexibility index (Phi) is 4.42. The second-order valence-corrected chi connectivity index (χ2v) is 6.86. The zero-order valence-corrected chi connectivity index (χ0v) is 12.2. The van der Waals surface area contributed by atoms with E-state index in [9.17, 15) is 8.42 Å². The second kappa shape index (κ2) is 5.88. The van der Waals surface area contributed by atoms with Crippen LogP contribution < -0.4 is 10.0 Å². The van der Waals surface area contributed by atoms with Gasteiger partial charge in [0.2, 0.25) is 10.0 Å². The molecule has 19 heavy (non-hydrogen) atoms. The standard InChI is InChI=1S/C13H21N3O2S/c1-3-14-13-9-12(6-7-15-13)19(17,18)16-11-5-4-10(2)8-11/h6-7,9-11,16H,3-5,8H2,1-2H3,(H,14,15). The third-order valence-electron chi connectivity index (χ3n) is 3.42. The van der Waals surface area contributed by atoms with Crippen LogP contribution in [0.5, 0.6) is 0 Å². The predicted molar refractivity (Wildman–Crippen MR) is 75.5 cm³/mol. The zero-order valence-electron chi connectivity index (χ0n) is 11.4. The SMILES string of the molecule is CCNc1cc(S(=O)(=O)NC2CCC(C)C2)ccn1. The summed E-state index contributed by atoms with van der Waals surface area (Å²) in [5.41, 5.74) is 0. The van der Waals surface area contributed by atoms with Crippen molar-refractivity contribution < 1.29 is 8.42 Å². The molecule has 0 saturated heterocycles. The van der Waals surface area contributed by atoms with E-state index in [0.29, 0.717) is 18.3 Å². The van der Waals surface area contributed by atoms with Crippen molar-refractivity contribution >= 4 is 15.8 Å². The fourth-order valence-electron chi connectivity index (χ4n) is 2.46. The van der Waals surface area contributed by atoms with Gasteiger partial charge in [-0.1, -0.05) is 6.92 Å². The molecule has 1 saturated carbocycles. The van der Waals surface area contributed by atoms with E-state index in [-0.39, 0.29) is 10.9 Å². The average molecular weight is 283 g/mol. The van der Waals surface area contributed by atoms with Gasteiger partial charge < -0.3 is 5.32 Å². The number of hydrogen-bond donors (Lipinski definition) is 2. The van der Waals surface area contributed by atoms with Crippen molar-refractivity contribution in [3.8, 4) is 0 Å². The molecule has 1 aromatic heterocycles. The van der Waals surface area contributed by atoms with Crippen LogP contribution in [0.4, 0.5) is 5.82 Å². The van der Waals surface area contributed by atoms with Crippen molar-refractivity contribution in [2.45, 2.75) is 44.0 Å². The largest absolute Gasteiger partial charge is 0.370 e. The lowest BCUT2D eigenvalue weighted by molar-refractivity contribution is 0.538. The Labute approximate surface area is 114 Å². The molecule has 1 aliphatic rings. The van der Waals surface area contributed by atoms with Crippen molar-refractivity contribution in [3.05, 3.63) is 18.3 Å². The highest BCUT2D eigenvalue weighted by molar-refractivity contribution is 7.89. The zero-order chi connectivity index (χ0) is 13.9. The quantitative estimate of drug-likeness (QED) is 0.867. The van der Waals surface area contributed by atoms with Crippen LogP contribution in [0.1, 0.15) is 33.1 Å². The number of nitrogens with zero attached hydrogens (tertiary/aromatic N) is 1. The van der Waals surface area contributed by atoms with Gasteiger partial charge in [0, 0.05) is 24.8 Å². The molecule has 1 fully saturated rings. The van der Waals surface area contributed by atoms with Crippen molar-refractivity contribution in [2.24, 2.45) is 5.92 Å². The summed E-state index contributed by atoms with van der Waals surface area (Å²) >= 11 is 0. The summed E-state index contributed by atoms with van der Waals surface area (Å²) < 4.78 is 27.4. The lowest BCUT2D eigenvalue weighted by Gasteiger charge is -2.13. The minimum Gasteiger partial charge on any atom is -0.370 e. The van der Waals surface area contributed by atoms with Gasteiger partial charge in [-0.25, -0.2) is 18.1 Å². The molecule has 0 bridgehead atoms. The molecule has 2 N–H and O–H groups in total. The minimum absolute atomic E-state index is 0.0655. The van der Waals surface area contributed by atoms with Crippen LogP contribution in [-0.4, -0.2) is 26.0 Å². The third kappa shape index (κ3) is 3.67. The summed E-state index contributed by atoms with van der Waals surface area (Å²) in [4.78, 5) is 4.36. The molecule has 1 aromatic rings. The van der Waals surface area contributed by atoms with Crippen LogP contribution in [0.3, 0.4) is 0 Å². The first-order chi connectivity index (χ1) is 9.01. The number of aromatic nitrogens is 1. The van der Waals surface area contributed by atoms with E-state index in [0.717, 1.165) is 19.3 Å². The summed E-state index contributed by atoms with van der Waals surface area (Å²) in [5.74, 6) is 1.19. The Morgan fingerprint density at radius 2 is 2.21 bits per heavy atom. The molecule has 106 valence electrons. The van der Waals surface area contributed by atoms with E-state index in [1.165, 1.54) is 12.3 Å². The van der Waals surface area contributed by atoms with Crippen molar-refractivity contribution in [2.75, 3.05) is 11.9 Å². The Hall–Kier alpha value is -1.14. The average Bonchev–Trinajstić information content (AvgIpc) is 2.75. The van der Waals surface area contributed by atoms with Gasteiger partial charge in [0.15, 0.2) is 0 Å². The molecule has 6 heteroatoms. The van der Waals surface area contributed by atoms with E-state index in [1.807, 2.05) is 6.92 Å². The lowest BCUT2D eigenvalue weighted by atomic mass is 10.1. The van der Waals surface area contributed by atoms with E-state index < -0.39 is 10.0 Å². The first kappa shape index (κ1) is 14.3. The topological polar surface area (TPSA) is 71.1 Å².